The van der Waals surface area contributed by atoms with Crippen molar-refractivity contribution >= 4 is 21.7 Å². The molecule has 0 spiro atoms. The number of rotatable bonds is 2. The van der Waals surface area contributed by atoms with Gasteiger partial charge < -0.3 is 11.5 Å². The van der Waals surface area contributed by atoms with Gasteiger partial charge in [0, 0.05) is 5.69 Å². The maximum atomic E-state index is 10.7. The Morgan fingerprint density at radius 2 is 1.93 bits per heavy atom. The van der Waals surface area contributed by atoms with Gasteiger partial charge in [-0.25, -0.2) is 0 Å². The maximum absolute atomic E-state index is 10.7. The molecule has 0 saturated carbocycles. The van der Waals surface area contributed by atoms with Crippen LogP contribution < -0.4 is 11.5 Å². The van der Waals surface area contributed by atoms with E-state index >= 15 is 0 Å². The highest BCUT2D eigenvalue weighted by molar-refractivity contribution is 7.85. The largest absolute Gasteiger partial charge is 0.398 e. The molecule has 7 heteroatoms. The van der Waals surface area contributed by atoms with E-state index in [2.05, 4.69) is 0 Å². The molecule has 6 nitrogen and oxygen atoms in total. The molecule has 1 aromatic rings. The number of carbonyl (C=O) groups excluding carboxylic acids is 1. The van der Waals surface area contributed by atoms with Gasteiger partial charge in [0.1, 0.15) is 0 Å². The minimum Gasteiger partial charge on any atom is -0.398 e. The summed E-state index contributed by atoms with van der Waals surface area (Å²) in [5.74, 6) is -0.760. The number of nitrogens with two attached hydrogens (primary N) is 2. The molecule has 0 unspecified atom stereocenters. The quantitative estimate of drug-likeness (QED) is 0.459. The number of hydrogen-bond donors (Lipinski definition) is 3. The molecule has 76 valence electrons. The van der Waals surface area contributed by atoms with E-state index in [4.69, 9.17) is 16.0 Å². The topological polar surface area (TPSA) is 123 Å². The van der Waals surface area contributed by atoms with Gasteiger partial charge in [-0.2, -0.15) is 8.42 Å². The minimum absolute atomic E-state index is 0.0115. The molecule has 0 aromatic heterocycles. The van der Waals surface area contributed by atoms with Gasteiger partial charge in [0.05, 0.1) is 10.5 Å². The van der Waals surface area contributed by atoms with Crippen LogP contribution in [-0.4, -0.2) is 18.9 Å². The van der Waals surface area contributed by atoms with Crippen LogP contribution in [0.3, 0.4) is 0 Å². The Morgan fingerprint density at radius 3 is 2.29 bits per heavy atom. The third-order valence-corrected chi connectivity index (χ3v) is 2.44. The standard InChI is InChI=1S/C7H8N2O4S/c8-6-3-4(14(11,12)13)1-2-5(6)7(9)10/h1-3H,8H2,(H2,9,10)(H,11,12,13). The first-order chi connectivity index (χ1) is 6.32. The van der Waals surface area contributed by atoms with E-state index in [0.717, 1.165) is 18.2 Å². The van der Waals surface area contributed by atoms with E-state index in [0.29, 0.717) is 0 Å². The van der Waals surface area contributed by atoms with Crippen LogP contribution in [0.4, 0.5) is 5.69 Å². The molecule has 1 rings (SSSR count). The van der Waals surface area contributed by atoms with Gasteiger partial charge in [0.15, 0.2) is 0 Å². The first-order valence-corrected chi connectivity index (χ1v) is 4.93. The number of anilines is 1. The summed E-state index contributed by atoms with van der Waals surface area (Å²) in [6.45, 7) is 0. The number of benzene rings is 1. The van der Waals surface area contributed by atoms with Crippen molar-refractivity contribution in [2.75, 3.05) is 5.73 Å². The fourth-order valence-electron chi connectivity index (χ4n) is 0.926. The predicted octanol–water partition coefficient (Wildman–Crippen LogP) is -0.386. The van der Waals surface area contributed by atoms with Crippen LogP contribution in [0.15, 0.2) is 23.1 Å². The van der Waals surface area contributed by atoms with E-state index in [1.807, 2.05) is 0 Å². The second-order valence-electron chi connectivity index (χ2n) is 2.59. The lowest BCUT2D eigenvalue weighted by Crippen LogP contribution is -2.14. The van der Waals surface area contributed by atoms with Crippen molar-refractivity contribution in [3.63, 3.8) is 0 Å². The fraction of sp³-hybridized carbons (Fsp3) is 0. The van der Waals surface area contributed by atoms with Crippen LogP contribution in [0.25, 0.3) is 0 Å². The highest BCUT2D eigenvalue weighted by Crippen LogP contribution is 2.17. The van der Waals surface area contributed by atoms with Crippen LogP contribution in [0.2, 0.25) is 0 Å². The van der Waals surface area contributed by atoms with Gasteiger partial charge in [-0.3, -0.25) is 9.35 Å². The number of primary amides is 1. The van der Waals surface area contributed by atoms with Gasteiger partial charge in [0.2, 0.25) is 0 Å². The van der Waals surface area contributed by atoms with Crippen LogP contribution in [-0.2, 0) is 10.1 Å². The van der Waals surface area contributed by atoms with Crippen LogP contribution in [0.1, 0.15) is 10.4 Å². The van der Waals surface area contributed by atoms with Crippen molar-refractivity contribution in [2.24, 2.45) is 5.73 Å². The number of hydrogen-bond acceptors (Lipinski definition) is 4. The molecule has 0 aliphatic rings. The van der Waals surface area contributed by atoms with Gasteiger partial charge in [-0.05, 0) is 18.2 Å². The summed E-state index contributed by atoms with van der Waals surface area (Å²) >= 11 is 0. The second-order valence-corrected chi connectivity index (χ2v) is 4.01. The van der Waals surface area contributed by atoms with Crippen molar-refractivity contribution < 1.29 is 17.8 Å². The average Bonchev–Trinajstić information content (AvgIpc) is 2.01. The molecule has 0 atom stereocenters. The third-order valence-electron chi connectivity index (χ3n) is 1.59. The van der Waals surface area contributed by atoms with E-state index in [-0.39, 0.29) is 16.1 Å². The van der Waals surface area contributed by atoms with E-state index in [1.54, 1.807) is 0 Å². The molecule has 0 heterocycles. The lowest BCUT2D eigenvalue weighted by Gasteiger charge is -2.02. The zero-order chi connectivity index (χ0) is 10.9. The Bertz CT molecular complexity index is 480. The normalized spacial score (nSPS) is 11.2. The molecule has 1 aromatic carbocycles. The summed E-state index contributed by atoms with van der Waals surface area (Å²) in [6, 6.07) is 3.15. The Balaban J connectivity index is 3.34. The molecule has 0 saturated heterocycles. The monoisotopic (exact) mass is 216 g/mol. The summed E-state index contributed by atoms with van der Waals surface area (Å²) in [7, 11) is -4.30. The smallest absolute Gasteiger partial charge is 0.294 e. The first kappa shape index (κ1) is 10.5. The fourth-order valence-corrected chi connectivity index (χ4v) is 1.44. The second kappa shape index (κ2) is 3.28. The SMILES string of the molecule is NC(=O)c1ccc(S(=O)(=O)O)cc1N. The van der Waals surface area contributed by atoms with Crippen molar-refractivity contribution in [1.29, 1.82) is 0 Å². The van der Waals surface area contributed by atoms with Crippen LogP contribution in [0, 0.1) is 0 Å². The third kappa shape index (κ3) is 2.01. The Hall–Kier alpha value is -1.60. The van der Waals surface area contributed by atoms with Gasteiger partial charge in [0.25, 0.3) is 16.0 Å². The predicted molar refractivity (Wildman–Crippen MR) is 49.2 cm³/mol. The van der Waals surface area contributed by atoms with E-state index in [1.165, 1.54) is 0 Å². The highest BCUT2D eigenvalue weighted by atomic mass is 32.2. The van der Waals surface area contributed by atoms with E-state index in [9.17, 15) is 13.2 Å². The first-order valence-electron chi connectivity index (χ1n) is 3.49. The molecule has 0 bridgehead atoms. The molecule has 5 N–H and O–H groups in total. The summed E-state index contributed by atoms with van der Waals surface area (Å²) in [4.78, 5) is 10.3. The lowest BCUT2D eigenvalue weighted by molar-refractivity contribution is 0.100. The van der Waals surface area contributed by atoms with Crippen LogP contribution in [0.5, 0.6) is 0 Å². The lowest BCUT2D eigenvalue weighted by atomic mass is 10.2. The Kier molecular flexibility index (Phi) is 2.45. The molecular weight excluding hydrogens is 208 g/mol. The van der Waals surface area contributed by atoms with Gasteiger partial charge in [-0.1, -0.05) is 0 Å². The van der Waals surface area contributed by atoms with Crippen molar-refractivity contribution in [2.45, 2.75) is 4.90 Å². The molecule has 0 aliphatic carbocycles. The van der Waals surface area contributed by atoms with Crippen molar-refractivity contribution in [3.8, 4) is 0 Å². The zero-order valence-electron chi connectivity index (χ0n) is 6.97. The molecule has 0 aliphatic heterocycles. The Morgan fingerprint density at radius 1 is 1.36 bits per heavy atom. The van der Waals surface area contributed by atoms with Crippen molar-refractivity contribution in [1.82, 2.24) is 0 Å². The molecular formula is C7H8N2O4S. The summed E-state index contributed by atoms with van der Waals surface area (Å²) in [6.07, 6.45) is 0. The Labute approximate surface area is 80.3 Å². The summed E-state index contributed by atoms with van der Waals surface area (Å²) < 4.78 is 29.9. The molecule has 0 fully saturated rings. The van der Waals surface area contributed by atoms with Gasteiger partial charge in [-0.15, -0.1) is 0 Å². The number of carbonyl (C=O) groups is 1. The van der Waals surface area contributed by atoms with Crippen molar-refractivity contribution in [3.05, 3.63) is 23.8 Å². The maximum Gasteiger partial charge on any atom is 0.294 e. The highest BCUT2D eigenvalue weighted by Gasteiger charge is 2.13. The number of amides is 1. The number of nitrogen functional groups attached to an aromatic ring is 1. The average molecular weight is 216 g/mol. The summed E-state index contributed by atoms with van der Waals surface area (Å²) in [5, 5.41) is 0. The molecule has 14 heavy (non-hydrogen) atoms. The minimum atomic E-state index is -4.30. The summed E-state index contributed by atoms with van der Waals surface area (Å²) in [5.41, 5.74) is 10.2. The molecule has 1 amide bonds. The van der Waals surface area contributed by atoms with Crippen LogP contribution >= 0.6 is 0 Å². The van der Waals surface area contributed by atoms with E-state index < -0.39 is 16.0 Å². The molecule has 0 radical (unpaired) electrons. The zero-order valence-corrected chi connectivity index (χ0v) is 7.78. The van der Waals surface area contributed by atoms with Gasteiger partial charge >= 0.3 is 0 Å².